The molecule has 1 aromatic carbocycles. The molecule has 0 spiro atoms. The van der Waals surface area contributed by atoms with Crippen LogP contribution >= 0.6 is 0 Å². The number of carbonyl (C=O) groups is 1. The Bertz CT molecular complexity index is 616. The van der Waals surface area contributed by atoms with Crippen molar-refractivity contribution in [2.75, 3.05) is 33.4 Å². The van der Waals surface area contributed by atoms with E-state index in [9.17, 15) is 13.2 Å². The van der Waals surface area contributed by atoms with Gasteiger partial charge in [-0.3, -0.25) is 4.79 Å². The molecule has 0 aliphatic heterocycles. The van der Waals surface area contributed by atoms with Gasteiger partial charge in [0.1, 0.15) is 5.75 Å². The Morgan fingerprint density at radius 2 is 2.09 bits per heavy atom. The highest BCUT2D eigenvalue weighted by Crippen LogP contribution is 2.23. The highest BCUT2D eigenvalue weighted by Gasteiger charge is 2.23. The van der Waals surface area contributed by atoms with Gasteiger partial charge in [-0.25, -0.2) is 8.42 Å². The van der Waals surface area contributed by atoms with Gasteiger partial charge < -0.3 is 15.2 Å². The Kier molecular flexibility index (Phi) is 6.79. The number of ether oxygens (including phenoxy) is 1. The number of nitrogens with zero attached hydrogens (tertiary/aromatic N) is 1. The molecule has 0 aliphatic rings. The van der Waals surface area contributed by atoms with Gasteiger partial charge in [0.2, 0.25) is 15.9 Å². The molecule has 22 heavy (non-hydrogen) atoms. The van der Waals surface area contributed by atoms with Crippen LogP contribution in [0.4, 0.5) is 0 Å². The maximum absolute atomic E-state index is 12.4. The van der Waals surface area contributed by atoms with Gasteiger partial charge in [0.25, 0.3) is 0 Å². The van der Waals surface area contributed by atoms with E-state index >= 15 is 0 Å². The third-order valence-corrected chi connectivity index (χ3v) is 4.75. The van der Waals surface area contributed by atoms with Crippen LogP contribution in [0.3, 0.4) is 0 Å². The zero-order chi connectivity index (χ0) is 16.8. The summed E-state index contributed by atoms with van der Waals surface area (Å²) in [5.74, 6) is 0.160. The number of likely N-dealkylation sites (N-methyl/N-ethyl adjacent to an activating group) is 1. The van der Waals surface area contributed by atoms with Crippen LogP contribution in [0.5, 0.6) is 5.75 Å². The van der Waals surface area contributed by atoms with Crippen molar-refractivity contribution in [3.05, 3.63) is 23.8 Å². The van der Waals surface area contributed by atoms with E-state index in [0.717, 1.165) is 4.31 Å². The molecule has 0 aliphatic carbocycles. The molecule has 0 saturated carbocycles. The molecule has 0 atom stereocenters. The lowest BCUT2D eigenvalue weighted by atomic mass is 10.2. The Morgan fingerprint density at radius 1 is 1.41 bits per heavy atom. The number of rotatable bonds is 8. The predicted molar refractivity (Wildman–Crippen MR) is 82.3 cm³/mol. The molecule has 1 aromatic rings. The first-order valence-electron chi connectivity index (χ1n) is 6.90. The number of carbonyl (C=O) groups excluding carboxylic acids is 1. The van der Waals surface area contributed by atoms with Crippen LogP contribution in [0.15, 0.2) is 23.1 Å². The average Bonchev–Trinajstić information content (AvgIpc) is 2.47. The molecule has 0 radical (unpaired) electrons. The lowest BCUT2D eigenvalue weighted by Crippen LogP contribution is -2.39. The summed E-state index contributed by atoms with van der Waals surface area (Å²) in [5, 5.41) is 11.0. The number of aryl methyl sites for hydroxylation is 1. The molecule has 0 bridgehead atoms. The van der Waals surface area contributed by atoms with E-state index in [1.54, 1.807) is 13.0 Å². The molecule has 0 heterocycles. The van der Waals surface area contributed by atoms with E-state index in [2.05, 4.69) is 5.32 Å². The van der Waals surface area contributed by atoms with E-state index in [1.165, 1.54) is 19.2 Å². The van der Waals surface area contributed by atoms with Crippen LogP contribution in [-0.2, 0) is 14.8 Å². The minimum absolute atomic E-state index is 0.0921. The first kappa shape index (κ1) is 18.4. The standard InChI is InChI=1S/C14H22N2O5S/c1-4-21-13-6-5-12(9-11(13)2)22(19,20)16(3)10-14(18)15-7-8-17/h5-6,9,17H,4,7-8,10H2,1-3H3,(H,15,18). The number of aliphatic hydroxyl groups excluding tert-OH is 1. The molecule has 0 aromatic heterocycles. The molecule has 8 heteroatoms. The van der Waals surface area contributed by atoms with Gasteiger partial charge in [0.05, 0.1) is 24.7 Å². The summed E-state index contributed by atoms with van der Waals surface area (Å²) in [6, 6.07) is 4.57. The van der Waals surface area contributed by atoms with Crippen LogP contribution < -0.4 is 10.1 Å². The summed E-state index contributed by atoms with van der Waals surface area (Å²) in [5.41, 5.74) is 0.709. The lowest BCUT2D eigenvalue weighted by molar-refractivity contribution is -0.121. The van der Waals surface area contributed by atoms with Gasteiger partial charge in [-0.05, 0) is 37.6 Å². The summed E-state index contributed by atoms with van der Waals surface area (Å²) in [4.78, 5) is 11.7. The van der Waals surface area contributed by atoms with E-state index < -0.39 is 15.9 Å². The van der Waals surface area contributed by atoms with Crippen molar-refractivity contribution >= 4 is 15.9 Å². The predicted octanol–water partition coefficient (Wildman–Crippen LogP) is 0.123. The van der Waals surface area contributed by atoms with Crippen molar-refractivity contribution in [2.45, 2.75) is 18.7 Å². The second-order valence-corrected chi connectivity index (χ2v) is 6.74. The van der Waals surface area contributed by atoms with Crippen LogP contribution in [0, 0.1) is 6.92 Å². The van der Waals surface area contributed by atoms with E-state index in [-0.39, 0.29) is 24.6 Å². The zero-order valence-corrected chi connectivity index (χ0v) is 13.8. The SMILES string of the molecule is CCOc1ccc(S(=O)(=O)N(C)CC(=O)NCCO)cc1C. The van der Waals surface area contributed by atoms with E-state index in [0.29, 0.717) is 17.9 Å². The van der Waals surface area contributed by atoms with Gasteiger partial charge in [0.15, 0.2) is 0 Å². The monoisotopic (exact) mass is 330 g/mol. The number of benzene rings is 1. The lowest BCUT2D eigenvalue weighted by Gasteiger charge is -2.17. The highest BCUT2D eigenvalue weighted by molar-refractivity contribution is 7.89. The maximum Gasteiger partial charge on any atom is 0.243 e. The van der Waals surface area contributed by atoms with Crippen molar-refractivity contribution < 1.29 is 23.1 Å². The quantitative estimate of drug-likeness (QED) is 0.706. The van der Waals surface area contributed by atoms with Gasteiger partial charge in [-0.1, -0.05) is 0 Å². The summed E-state index contributed by atoms with van der Waals surface area (Å²) >= 11 is 0. The van der Waals surface area contributed by atoms with Crippen molar-refractivity contribution in [3.8, 4) is 5.75 Å². The van der Waals surface area contributed by atoms with E-state index in [1.807, 2.05) is 6.92 Å². The van der Waals surface area contributed by atoms with Crippen LogP contribution in [0.25, 0.3) is 0 Å². The van der Waals surface area contributed by atoms with Gasteiger partial charge >= 0.3 is 0 Å². The molecule has 0 unspecified atom stereocenters. The molecule has 1 amide bonds. The van der Waals surface area contributed by atoms with Gasteiger partial charge in [-0.2, -0.15) is 4.31 Å². The Balaban J connectivity index is 2.89. The summed E-state index contributed by atoms with van der Waals surface area (Å²) in [6.45, 7) is 3.70. The third-order valence-electron chi connectivity index (χ3n) is 2.95. The summed E-state index contributed by atoms with van der Waals surface area (Å²) in [6.07, 6.45) is 0. The Hall–Kier alpha value is -1.64. The number of nitrogens with one attached hydrogen (secondary N) is 1. The fourth-order valence-corrected chi connectivity index (χ4v) is 3.03. The van der Waals surface area contributed by atoms with Gasteiger partial charge in [0, 0.05) is 13.6 Å². The first-order chi connectivity index (χ1) is 10.3. The van der Waals surface area contributed by atoms with Crippen molar-refractivity contribution in [1.29, 1.82) is 0 Å². The number of hydrogen-bond donors (Lipinski definition) is 2. The molecule has 1 rings (SSSR count). The zero-order valence-electron chi connectivity index (χ0n) is 13.0. The Morgan fingerprint density at radius 3 is 2.64 bits per heavy atom. The molecular weight excluding hydrogens is 308 g/mol. The number of amides is 1. The number of aliphatic hydroxyl groups is 1. The molecular formula is C14H22N2O5S. The molecule has 0 fully saturated rings. The molecule has 2 N–H and O–H groups in total. The van der Waals surface area contributed by atoms with Crippen LogP contribution in [-0.4, -0.2) is 57.1 Å². The molecule has 0 saturated heterocycles. The normalized spacial score (nSPS) is 11.5. The van der Waals surface area contributed by atoms with Crippen LogP contribution in [0.2, 0.25) is 0 Å². The van der Waals surface area contributed by atoms with Gasteiger partial charge in [-0.15, -0.1) is 0 Å². The largest absolute Gasteiger partial charge is 0.494 e. The summed E-state index contributed by atoms with van der Waals surface area (Å²) < 4.78 is 31.2. The Labute approximate surface area is 130 Å². The minimum atomic E-state index is -3.76. The third kappa shape index (κ3) is 4.69. The van der Waals surface area contributed by atoms with Crippen molar-refractivity contribution in [2.24, 2.45) is 0 Å². The maximum atomic E-state index is 12.4. The van der Waals surface area contributed by atoms with E-state index in [4.69, 9.17) is 9.84 Å². The first-order valence-corrected chi connectivity index (χ1v) is 8.34. The number of hydrogen-bond acceptors (Lipinski definition) is 5. The van der Waals surface area contributed by atoms with Crippen LogP contribution in [0.1, 0.15) is 12.5 Å². The van der Waals surface area contributed by atoms with Crippen molar-refractivity contribution in [1.82, 2.24) is 9.62 Å². The topological polar surface area (TPSA) is 95.9 Å². The molecule has 7 nitrogen and oxygen atoms in total. The minimum Gasteiger partial charge on any atom is -0.494 e. The average molecular weight is 330 g/mol. The smallest absolute Gasteiger partial charge is 0.243 e. The van der Waals surface area contributed by atoms with Crippen molar-refractivity contribution in [3.63, 3.8) is 0 Å². The molecule has 124 valence electrons. The fourth-order valence-electron chi connectivity index (χ4n) is 1.82. The fraction of sp³-hybridized carbons (Fsp3) is 0.500. The number of sulfonamides is 1. The summed E-state index contributed by atoms with van der Waals surface area (Å²) in [7, 11) is -2.43. The highest BCUT2D eigenvalue weighted by atomic mass is 32.2. The second-order valence-electron chi connectivity index (χ2n) is 4.69. The second kappa shape index (κ2) is 8.11.